The van der Waals surface area contributed by atoms with Crippen LogP contribution in [0, 0.1) is 13.8 Å². The van der Waals surface area contributed by atoms with Crippen LogP contribution in [0.1, 0.15) is 23.4 Å². The minimum Gasteiger partial charge on any atom is -0.493 e. The van der Waals surface area contributed by atoms with Crippen molar-refractivity contribution >= 4 is 17.3 Å². The third-order valence-corrected chi connectivity index (χ3v) is 5.39. The summed E-state index contributed by atoms with van der Waals surface area (Å²) in [7, 11) is 1.74. The molecule has 0 N–H and O–H groups in total. The Bertz CT molecular complexity index is 1250. The summed E-state index contributed by atoms with van der Waals surface area (Å²) in [6, 6.07) is 13.0. The van der Waals surface area contributed by atoms with E-state index in [2.05, 4.69) is 25.5 Å². The first-order valence-electron chi connectivity index (χ1n) is 10.9. The number of benzene rings is 2. The lowest BCUT2D eigenvalue weighted by atomic mass is 10.1. The van der Waals surface area contributed by atoms with Crippen LogP contribution in [0.25, 0.3) is 11.4 Å². The van der Waals surface area contributed by atoms with Gasteiger partial charge < -0.3 is 13.7 Å². The number of hydrogen-bond acceptors (Lipinski definition) is 10. The average Bonchev–Trinajstić information content (AvgIpc) is 3.50. The first-order chi connectivity index (χ1) is 17.0. The van der Waals surface area contributed by atoms with E-state index < -0.39 is 5.30 Å². The topological polar surface area (TPSA) is 119 Å². The normalized spacial score (nSPS) is 10.8. The van der Waals surface area contributed by atoms with E-state index in [1.165, 1.54) is 4.80 Å². The van der Waals surface area contributed by atoms with Crippen LogP contribution in [-0.4, -0.2) is 46.9 Å². The smallest absolute Gasteiger partial charge is 0.407 e. The van der Waals surface area contributed by atoms with Crippen LogP contribution in [0.15, 0.2) is 48.8 Å². The summed E-state index contributed by atoms with van der Waals surface area (Å²) in [4.78, 5) is 17.4. The van der Waals surface area contributed by atoms with Gasteiger partial charge >= 0.3 is 5.30 Å². The second-order valence-electron chi connectivity index (χ2n) is 7.69. The van der Waals surface area contributed by atoms with Gasteiger partial charge in [-0.25, -0.2) is 9.78 Å². The number of aromatic nitrogens is 7. The fraction of sp³-hybridized carbons (Fsp3) is 0.304. The lowest BCUT2D eigenvalue weighted by molar-refractivity contribution is 0.164. The number of tetrazole rings is 1. The third-order valence-electron chi connectivity index (χ3n) is 4.86. The molecule has 0 amide bonds. The van der Waals surface area contributed by atoms with Gasteiger partial charge in [0.05, 0.1) is 13.7 Å². The summed E-state index contributed by atoms with van der Waals surface area (Å²) in [5.41, 5.74) is 2.92. The van der Waals surface area contributed by atoms with E-state index in [0.29, 0.717) is 42.6 Å². The molecule has 0 aliphatic heterocycles. The SMILES string of the molecule is Cc1cc(-c2nnn(C)n2)cc(C)c1OCCCn1cnc(COC(=O)SOc2ccccc2)n1. The maximum atomic E-state index is 11.8. The molecule has 4 rings (SSSR count). The lowest BCUT2D eigenvalue weighted by Crippen LogP contribution is -2.07. The minimum atomic E-state index is -0.564. The molecule has 0 aliphatic rings. The van der Waals surface area contributed by atoms with Crippen LogP contribution in [0.4, 0.5) is 4.79 Å². The maximum Gasteiger partial charge on any atom is 0.407 e. The molecule has 2 aromatic carbocycles. The van der Waals surface area contributed by atoms with E-state index in [1.807, 2.05) is 44.2 Å². The van der Waals surface area contributed by atoms with Crippen molar-refractivity contribution in [2.45, 2.75) is 33.4 Å². The molecule has 0 spiro atoms. The summed E-state index contributed by atoms with van der Waals surface area (Å²) in [5.74, 6) is 2.42. The van der Waals surface area contributed by atoms with Gasteiger partial charge in [0.2, 0.25) is 5.82 Å². The van der Waals surface area contributed by atoms with Crippen molar-refractivity contribution in [3.63, 3.8) is 0 Å². The predicted molar refractivity (Wildman–Crippen MR) is 129 cm³/mol. The highest BCUT2D eigenvalue weighted by Gasteiger charge is 2.12. The minimum absolute atomic E-state index is 0.0289. The van der Waals surface area contributed by atoms with Crippen molar-refractivity contribution in [3.8, 4) is 22.9 Å². The molecule has 2 aromatic heterocycles. The van der Waals surface area contributed by atoms with Crippen molar-refractivity contribution in [1.29, 1.82) is 0 Å². The lowest BCUT2D eigenvalue weighted by Gasteiger charge is -2.13. The van der Waals surface area contributed by atoms with Gasteiger partial charge in [-0.3, -0.25) is 4.68 Å². The van der Waals surface area contributed by atoms with Crippen molar-refractivity contribution in [1.82, 2.24) is 35.0 Å². The molecule has 0 radical (unpaired) electrons. The molecule has 35 heavy (non-hydrogen) atoms. The van der Waals surface area contributed by atoms with Crippen molar-refractivity contribution in [2.75, 3.05) is 6.61 Å². The molecular weight excluding hydrogens is 470 g/mol. The summed E-state index contributed by atoms with van der Waals surface area (Å²) < 4.78 is 18.1. The largest absolute Gasteiger partial charge is 0.493 e. The molecule has 0 aliphatic carbocycles. The van der Waals surface area contributed by atoms with Crippen molar-refractivity contribution in [2.24, 2.45) is 7.05 Å². The maximum absolute atomic E-state index is 11.8. The van der Waals surface area contributed by atoms with Gasteiger partial charge in [-0.15, -0.1) is 10.2 Å². The van der Waals surface area contributed by atoms with Gasteiger partial charge in [-0.05, 0) is 54.5 Å². The summed E-state index contributed by atoms with van der Waals surface area (Å²) in [5, 5.41) is 16.0. The first-order valence-corrected chi connectivity index (χ1v) is 11.6. The Morgan fingerprint density at radius 3 is 2.57 bits per heavy atom. The Morgan fingerprint density at radius 2 is 1.86 bits per heavy atom. The highest BCUT2D eigenvalue weighted by atomic mass is 32.2. The van der Waals surface area contributed by atoms with Crippen LogP contribution >= 0.6 is 12.0 Å². The molecule has 11 nitrogen and oxygen atoms in total. The number of hydrogen-bond donors (Lipinski definition) is 0. The molecule has 0 atom stereocenters. The molecule has 4 aromatic rings. The Labute approximate surface area is 206 Å². The average molecular weight is 496 g/mol. The van der Waals surface area contributed by atoms with Gasteiger partial charge in [0.25, 0.3) is 0 Å². The van der Waals surface area contributed by atoms with Gasteiger partial charge in [-0.2, -0.15) is 9.90 Å². The Hall–Kier alpha value is -3.93. The molecule has 0 unspecified atom stereocenters. The number of carbonyl (C=O) groups excluding carboxylic acids is 1. The third kappa shape index (κ3) is 6.79. The van der Waals surface area contributed by atoms with Crippen molar-refractivity contribution < 1.29 is 18.5 Å². The van der Waals surface area contributed by atoms with E-state index in [-0.39, 0.29) is 6.61 Å². The number of ether oxygens (including phenoxy) is 2. The van der Waals surface area contributed by atoms with E-state index in [0.717, 1.165) is 28.9 Å². The second-order valence-corrected chi connectivity index (χ2v) is 8.35. The number of carbonyl (C=O) groups is 1. The fourth-order valence-corrected chi connectivity index (χ4v) is 3.70. The quantitative estimate of drug-likeness (QED) is 0.182. The van der Waals surface area contributed by atoms with Crippen molar-refractivity contribution in [3.05, 3.63) is 65.7 Å². The zero-order valence-corrected chi connectivity index (χ0v) is 20.4. The molecule has 0 fully saturated rings. The van der Waals surface area contributed by atoms with E-state index in [1.54, 1.807) is 30.2 Å². The van der Waals surface area contributed by atoms with Crippen LogP contribution in [0.2, 0.25) is 0 Å². The fourth-order valence-electron chi connectivity index (χ4n) is 3.32. The molecule has 0 bridgehead atoms. The highest BCUT2D eigenvalue weighted by molar-refractivity contribution is 8.09. The first kappa shape index (κ1) is 24.2. The Kier molecular flexibility index (Phi) is 7.93. The van der Waals surface area contributed by atoms with Crippen LogP contribution in [0.5, 0.6) is 11.5 Å². The summed E-state index contributed by atoms with van der Waals surface area (Å²) in [6.45, 7) is 5.10. The van der Waals surface area contributed by atoms with E-state index >= 15 is 0 Å². The van der Waals surface area contributed by atoms with Gasteiger partial charge in [0.15, 0.2) is 24.5 Å². The Morgan fingerprint density at radius 1 is 1.09 bits per heavy atom. The Balaban J connectivity index is 1.19. The monoisotopic (exact) mass is 495 g/mol. The van der Waals surface area contributed by atoms with E-state index in [9.17, 15) is 4.79 Å². The number of aryl methyl sites for hydroxylation is 4. The van der Waals surface area contributed by atoms with Gasteiger partial charge in [0.1, 0.15) is 17.8 Å². The van der Waals surface area contributed by atoms with Crippen LogP contribution < -0.4 is 8.92 Å². The molecule has 0 saturated carbocycles. The number of rotatable bonds is 10. The molecule has 182 valence electrons. The molecule has 2 heterocycles. The van der Waals surface area contributed by atoms with Gasteiger partial charge in [0, 0.05) is 18.5 Å². The van der Waals surface area contributed by atoms with Crippen LogP contribution in [0.3, 0.4) is 0 Å². The predicted octanol–water partition coefficient (Wildman–Crippen LogP) is 3.92. The molecule has 0 saturated heterocycles. The second kappa shape index (κ2) is 11.5. The summed E-state index contributed by atoms with van der Waals surface area (Å²) in [6.07, 6.45) is 2.34. The standard InChI is InChI=1S/C23H25N7O4S/c1-16-12-18(22-25-28-29(3)27-22)13-17(2)21(16)32-11-7-10-30-15-24-20(26-30)14-33-23(31)35-34-19-8-5-4-6-9-19/h4-6,8-9,12-13,15H,7,10-11,14H2,1-3H3. The van der Waals surface area contributed by atoms with Gasteiger partial charge in [-0.1, -0.05) is 18.2 Å². The molecule has 12 heteroatoms. The number of para-hydroxylation sites is 1. The summed E-state index contributed by atoms with van der Waals surface area (Å²) >= 11 is 0.622. The zero-order valence-electron chi connectivity index (χ0n) is 19.6. The zero-order chi connectivity index (χ0) is 24.6. The number of nitrogens with zero attached hydrogens (tertiary/aromatic N) is 7. The molecular formula is C23H25N7O4S. The van der Waals surface area contributed by atoms with Crippen LogP contribution in [-0.2, 0) is 24.9 Å². The van der Waals surface area contributed by atoms with E-state index in [4.69, 9.17) is 13.7 Å². The highest BCUT2D eigenvalue weighted by Crippen LogP contribution is 2.28.